The van der Waals surface area contributed by atoms with Crippen LogP contribution in [0.3, 0.4) is 0 Å². The van der Waals surface area contributed by atoms with Crippen molar-refractivity contribution in [1.82, 2.24) is 20.0 Å². The molecule has 2 aromatic rings. The van der Waals surface area contributed by atoms with E-state index in [1.807, 2.05) is 40.0 Å². The molecular formula is C22H30N4O. The lowest BCUT2D eigenvalue weighted by Crippen LogP contribution is -2.39. The molecule has 2 aliphatic rings. The summed E-state index contributed by atoms with van der Waals surface area (Å²) >= 11 is 0. The number of benzene rings is 1. The van der Waals surface area contributed by atoms with E-state index in [9.17, 15) is 4.79 Å². The minimum absolute atomic E-state index is 0.0563. The Morgan fingerprint density at radius 2 is 2.04 bits per heavy atom. The molecule has 1 aromatic carbocycles. The number of rotatable bonds is 6. The summed E-state index contributed by atoms with van der Waals surface area (Å²) in [4.78, 5) is 15.4. The molecule has 5 nitrogen and oxygen atoms in total. The molecule has 1 aliphatic carbocycles. The minimum Gasteiger partial charge on any atom is -0.330 e. The number of aromatic nitrogens is 2. The third-order valence-corrected chi connectivity index (χ3v) is 6.16. The molecule has 1 amide bonds. The van der Waals surface area contributed by atoms with E-state index in [-0.39, 0.29) is 11.9 Å². The maximum Gasteiger partial charge on any atom is 0.274 e. The van der Waals surface area contributed by atoms with Crippen LogP contribution in [0.25, 0.3) is 0 Å². The van der Waals surface area contributed by atoms with Crippen molar-refractivity contribution in [1.29, 1.82) is 0 Å². The van der Waals surface area contributed by atoms with Crippen molar-refractivity contribution < 1.29 is 4.79 Å². The summed E-state index contributed by atoms with van der Waals surface area (Å²) < 4.78 is 1.98. The maximum absolute atomic E-state index is 13.4. The zero-order valence-electron chi connectivity index (χ0n) is 16.2. The van der Waals surface area contributed by atoms with Crippen LogP contribution in [0.1, 0.15) is 67.2 Å². The molecule has 2 unspecified atom stereocenters. The molecule has 2 atom stereocenters. The van der Waals surface area contributed by atoms with Crippen LogP contribution in [-0.4, -0.2) is 40.2 Å². The average Bonchev–Trinajstić information content (AvgIpc) is 3.18. The zero-order valence-corrected chi connectivity index (χ0v) is 16.2. The summed E-state index contributed by atoms with van der Waals surface area (Å²) in [5.74, 6) is 0.686. The normalized spacial score (nSPS) is 21.4. The van der Waals surface area contributed by atoms with E-state index in [0.717, 1.165) is 32.5 Å². The molecule has 1 saturated carbocycles. The minimum atomic E-state index is 0.0563. The molecule has 0 spiro atoms. The summed E-state index contributed by atoms with van der Waals surface area (Å²) in [6.07, 6.45) is 8.00. The first-order chi connectivity index (χ1) is 13.2. The molecule has 1 aromatic heterocycles. The standard InChI is InChI=1S/C22H30N4O/c1-17(19-9-3-2-4-10-19)25(16-18-7-5-8-18)22(27)21-12-14-26(24-21)20-11-6-13-23-15-20/h2-4,9-10,12,14,17-18,20,23H,5-8,11,13,15-16H2,1H3. The number of carbonyl (C=O) groups excluding carboxylic acids is 1. The van der Waals surface area contributed by atoms with Crippen molar-refractivity contribution in [2.75, 3.05) is 19.6 Å². The van der Waals surface area contributed by atoms with Crippen LogP contribution < -0.4 is 5.32 Å². The van der Waals surface area contributed by atoms with Crippen LogP contribution in [0, 0.1) is 5.92 Å². The van der Waals surface area contributed by atoms with Gasteiger partial charge in [0.15, 0.2) is 0 Å². The Labute approximate surface area is 161 Å². The molecule has 2 heterocycles. The molecule has 1 aliphatic heterocycles. The zero-order chi connectivity index (χ0) is 18.6. The lowest BCUT2D eigenvalue weighted by atomic mass is 9.84. The van der Waals surface area contributed by atoms with Crippen LogP contribution >= 0.6 is 0 Å². The fourth-order valence-electron chi connectivity index (χ4n) is 4.14. The second-order valence-electron chi connectivity index (χ2n) is 8.02. The molecule has 1 N–H and O–H groups in total. The summed E-state index contributed by atoms with van der Waals surface area (Å²) in [7, 11) is 0. The lowest BCUT2D eigenvalue weighted by molar-refractivity contribution is 0.0606. The highest BCUT2D eigenvalue weighted by Crippen LogP contribution is 2.31. The van der Waals surface area contributed by atoms with Gasteiger partial charge in [0.25, 0.3) is 5.91 Å². The van der Waals surface area contributed by atoms with Gasteiger partial charge in [-0.3, -0.25) is 9.48 Å². The molecule has 144 valence electrons. The molecule has 0 bridgehead atoms. The fraction of sp³-hybridized carbons (Fsp3) is 0.545. The first-order valence-electron chi connectivity index (χ1n) is 10.3. The highest BCUT2D eigenvalue weighted by molar-refractivity contribution is 5.92. The van der Waals surface area contributed by atoms with E-state index >= 15 is 0 Å². The van der Waals surface area contributed by atoms with Crippen molar-refractivity contribution in [3.05, 3.63) is 53.9 Å². The van der Waals surface area contributed by atoms with Gasteiger partial charge in [-0.15, -0.1) is 0 Å². The van der Waals surface area contributed by atoms with Gasteiger partial charge in [0.05, 0.1) is 12.1 Å². The quantitative estimate of drug-likeness (QED) is 0.846. The molecule has 0 radical (unpaired) electrons. The third-order valence-electron chi connectivity index (χ3n) is 6.16. The number of nitrogens with zero attached hydrogens (tertiary/aromatic N) is 3. The number of amides is 1. The number of piperidine rings is 1. The number of hydrogen-bond acceptors (Lipinski definition) is 3. The number of carbonyl (C=O) groups is 1. The average molecular weight is 367 g/mol. The Morgan fingerprint density at radius 1 is 1.22 bits per heavy atom. The molecular weight excluding hydrogens is 336 g/mol. The van der Waals surface area contributed by atoms with Crippen LogP contribution in [-0.2, 0) is 0 Å². The summed E-state index contributed by atoms with van der Waals surface area (Å²) in [6, 6.07) is 12.6. The number of hydrogen-bond donors (Lipinski definition) is 1. The lowest BCUT2D eigenvalue weighted by Gasteiger charge is -2.36. The smallest absolute Gasteiger partial charge is 0.274 e. The van der Waals surface area contributed by atoms with Gasteiger partial charge in [0, 0.05) is 19.3 Å². The summed E-state index contributed by atoms with van der Waals surface area (Å²) in [5, 5.41) is 8.09. The van der Waals surface area contributed by atoms with E-state index < -0.39 is 0 Å². The Balaban J connectivity index is 1.53. The van der Waals surface area contributed by atoms with Crippen molar-refractivity contribution in [2.45, 2.75) is 51.1 Å². The van der Waals surface area contributed by atoms with Gasteiger partial charge in [-0.05, 0) is 56.7 Å². The van der Waals surface area contributed by atoms with Gasteiger partial charge in [0.1, 0.15) is 5.69 Å². The maximum atomic E-state index is 13.4. The van der Waals surface area contributed by atoms with Crippen molar-refractivity contribution in [2.24, 2.45) is 5.92 Å². The topological polar surface area (TPSA) is 50.2 Å². The SMILES string of the molecule is CC(c1ccccc1)N(CC1CCC1)C(=O)c1ccn(C2CCCNC2)n1. The Bertz CT molecular complexity index is 747. The van der Waals surface area contributed by atoms with Crippen molar-refractivity contribution in [3.63, 3.8) is 0 Å². The molecule has 4 rings (SSSR count). The first kappa shape index (κ1) is 18.2. The van der Waals surface area contributed by atoms with Crippen LogP contribution in [0.15, 0.2) is 42.6 Å². The van der Waals surface area contributed by atoms with E-state index in [0.29, 0.717) is 17.7 Å². The Hall–Kier alpha value is -2.14. The molecule has 2 fully saturated rings. The van der Waals surface area contributed by atoms with Crippen molar-refractivity contribution >= 4 is 5.91 Å². The van der Waals surface area contributed by atoms with Gasteiger partial charge in [-0.25, -0.2) is 0 Å². The van der Waals surface area contributed by atoms with Crippen molar-refractivity contribution in [3.8, 4) is 0 Å². The van der Waals surface area contributed by atoms with E-state index in [1.54, 1.807) is 0 Å². The second kappa shape index (κ2) is 8.26. The fourth-order valence-corrected chi connectivity index (χ4v) is 4.14. The van der Waals surface area contributed by atoms with Gasteiger partial charge in [-0.2, -0.15) is 5.10 Å². The highest BCUT2D eigenvalue weighted by Gasteiger charge is 2.30. The largest absolute Gasteiger partial charge is 0.330 e. The van der Waals surface area contributed by atoms with Gasteiger partial charge in [0.2, 0.25) is 0 Å². The predicted octanol–water partition coefficient (Wildman–Crippen LogP) is 3.81. The van der Waals surface area contributed by atoms with Gasteiger partial charge >= 0.3 is 0 Å². The third kappa shape index (κ3) is 4.08. The van der Waals surface area contributed by atoms with Crippen LogP contribution in [0.5, 0.6) is 0 Å². The molecule has 1 saturated heterocycles. The predicted molar refractivity (Wildman–Crippen MR) is 107 cm³/mol. The summed E-state index contributed by atoms with van der Waals surface area (Å²) in [5.41, 5.74) is 1.75. The highest BCUT2D eigenvalue weighted by atomic mass is 16.2. The second-order valence-corrected chi connectivity index (χ2v) is 8.02. The number of nitrogens with one attached hydrogen (secondary N) is 1. The summed E-state index contributed by atoms with van der Waals surface area (Å²) in [6.45, 7) is 4.97. The molecule has 27 heavy (non-hydrogen) atoms. The van der Waals surface area contributed by atoms with E-state index in [2.05, 4.69) is 29.5 Å². The van der Waals surface area contributed by atoms with E-state index in [1.165, 1.54) is 24.8 Å². The molecule has 5 heteroatoms. The van der Waals surface area contributed by atoms with Gasteiger partial charge < -0.3 is 10.2 Å². The van der Waals surface area contributed by atoms with E-state index in [4.69, 9.17) is 0 Å². The first-order valence-corrected chi connectivity index (χ1v) is 10.3. The Morgan fingerprint density at radius 3 is 2.70 bits per heavy atom. The van der Waals surface area contributed by atoms with Crippen LogP contribution in [0.2, 0.25) is 0 Å². The van der Waals surface area contributed by atoms with Gasteiger partial charge in [-0.1, -0.05) is 36.8 Å². The monoisotopic (exact) mass is 366 g/mol. The Kier molecular flexibility index (Phi) is 5.58. The van der Waals surface area contributed by atoms with Crippen LogP contribution in [0.4, 0.5) is 0 Å².